The summed E-state index contributed by atoms with van der Waals surface area (Å²) in [6.45, 7) is 4.25. The Morgan fingerprint density at radius 1 is 0.727 bits per heavy atom. The molecule has 0 aromatic rings. The molecule has 2 atom stereocenters. The van der Waals surface area contributed by atoms with Crippen molar-refractivity contribution in [3.8, 4) is 0 Å². The third kappa shape index (κ3) is 12.4. The maximum Gasteiger partial charge on any atom is 0.267 e. The lowest BCUT2D eigenvalue weighted by molar-refractivity contribution is 0.147. The van der Waals surface area contributed by atoms with Crippen LogP contribution in [0, 0.1) is 0 Å². The molecule has 0 aliphatic carbocycles. The van der Waals surface area contributed by atoms with Crippen LogP contribution in [0.3, 0.4) is 0 Å². The van der Waals surface area contributed by atoms with E-state index in [2.05, 4.69) is 13.8 Å². The van der Waals surface area contributed by atoms with Gasteiger partial charge in [-0.15, -0.1) is 0 Å². The lowest BCUT2D eigenvalue weighted by Gasteiger charge is -2.16. The van der Waals surface area contributed by atoms with Crippen LogP contribution in [0.2, 0.25) is 0 Å². The molecule has 2 unspecified atom stereocenters. The Balaban J connectivity index is 3.88. The Hall–Kier alpha value is -0.130. The molecule has 0 aromatic heterocycles. The van der Waals surface area contributed by atoms with Gasteiger partial charge in [-0.3, -0.25) is 4.55 Å². The Kier molecular flexibility index (Phi) is 13.2. The van der Waals surface area contributed by atoms with Gasteiger partial charge in [0.15, 0.2) is 0 Å². The van der Waals surface area contributed by atoms with Gasteiger partial charge in [0.1, 0.15) is 0 Å². The van der Waals surface area contributed by atoms with E-state index < -0.39 is 21.5 Å². The molecule has 0 saturated heterocycles. The van der Waals surface area contributed by atoms with E-state index in [1.807, 2.05) is 0 Å². The van der Waals surface area contributed by atoms with Crippen molar-refractivity contribution in [1.82, 2.24) is 0 Å². The third-order valence-electron chi connectivity index (χ3n) is 4.26. The molecular weight excluding hydrogens is 300 g/mol. The van der Waals surface area contributed by atoms with Crippen LogP contribution in [0.15, 0.2) is 0 Å². The van der Waals surface area contributed by atoms with Crippen LogP contribution in [0.25, 0.3) is 0 Å². The first-order valence-corrected chi connectivity index (χ1v) is 10.6. The zero-order valence-electron chi connectivity index (χ0n) is 14.5. The van der Waals surface area contributed by atoms with E-state index in [1.165, 1.54) is 25.7 Å². The van der Waals surface area contributed by atoms with Crippen molar-refractivity contribution in [2.75, 3.05) is 0 Å². The van der Waals surface area contributed by atoms with Crippen molar-refractivity contribution >= 4 is 10.1 Å². The fraction of sp³-hybridized carbons (Fsp3) is 1.00. The van der Waals surface area contributed by atoms with Gasteiger partial charge in [-0.2, -0.15) is 8.42 Å². The summed E-state index contributed by atoms with van der Waals surface area (Å²) in [6.07, 6.45) is 11.5. The molecule has 0 heterocycles. The fourth-order valence-corrected chi connectivity index (χ4v) is 3.65. The van der Waals surface area contributed by atoms with E-state index in [4.69, 9.17) is 0 Å². The number of aliphatic hydroxyl groups excluding tert-OH is 1. The Morgan fingerprint density at radius 2 is 1.23 bits per heavy atom. The largest absolute Gasteiger partial charge is 0.393 e. The van der Waals surface area contributed by atoms with Gasteiger partial charge in [-0.25, -0.2) is 0 Å². The first-order valence-electron chi connectivity index (χ1n) is 9.06. The van der Waals surface area contributed by atoms with Gasteiger partial charge in [0.25, 0.3) is 10.1 Å². The summed E-state index contributed by atoms with van der Waals surface area (Å²) in [6, 6.07) is 0. The summed E-state index contributed by atoms with van der Waals surface area (Å²) >= 11 is 0. The Morgan fingerprint density at radius 3 is 1.82 bits per heavy atom. The van der Waals surface area contributed by atoms with Crippen molar-refractivity contribution in [2.45, 2.75) is 109 Å². The summed E-state index contributed by atoms with van der Waals surface area (Å²) < 4.78 is 32.0. The zero-order chi connectivity index (χ0) is 16.8. The molecule has 0 aliphatic rings. The molecule has 0 radical (unpaired) electrons. The van der Waals surface area contributed by atoms with Crippen molar-refractivity contribution < 1.29 is 18.1 Å². The summed E-state index contributed by atoms with van der Waals surface area (Å²) in [5.74, 6) is 0. The molecule has 0 amide bonds. The molecular formula is C17H36O4S. The number of hydrogen-bond donors (Lipinski definition) is 2. The van der Waals surface area contributed by atoms with Crippen molar-refractivity contribution in [3.05, 3.63) is 0 Å². The van der Waals surface area contributed by atoms with E-state index in [-0.39, 0.29) is 0 Å². The van der Waals surface area contributed by atoms with Gasteiger partial charge >= 0.3 is 0 Å². The second-order valence-electron chi connectivity index (χ2n) is 6.42. The molecule has 0 rings (SSSR count). The SMILES string of the molecule is CCCCCCCCC(O)CCC(CCCCC)S(=O)(=O)O. The van der Waals surface area contributed by atoms with Gasteiger partial charge in [0.2, 0.25) is 0 Å². The van der Waals surface area contributed by atoms with Crippen LogP contribution in [0.5, 0.6) is 0 Å². The van der Waals surface area contributed by atoms with Gasteiger partial charge in [-0.05, 0) is 25.7 Å². The molecule has 0 aromatic carbocycles. The number of aliphatic hydroxyl groups is 1. The van der Waals surface area contributed by atoms with Crippen molar-refractivity contribution in [3.63, 3.8) is 0 Å². The average molecular weight is 337 g/mol. The molecule has 0 aliphatic heterocycles. The summed E-state index contributed by atoms with van der Waals surface area (Å²) in [5, 5.41) is 9.25. The van der Waals surface area contributed by atoms with Crippen LogP contribution >= 0.6 is 0 Å². The number of hydrogen-bond acceptors (Lipinski definition) is 3. The zero-order valence-corrected chi connectivity index (χ0v) is 15.3. The highest BCUT2D eigenvalue weighted by Gasteiger charge is 2.23. The molecule has 134 valence electrons. The lowest BCUT2D eigenvalue weighted by atomic mass is 10.0. The van der Waals surface area contributed by atoms with Crippen LogP contribution in [-0.2, 0) is 10.1 Å². The summed E-state index contributed by atoms with van der Waals surface area (Å²) in [7, 11) is -3.99. The van der Waals surface area contributed by atoms with Gasteiger partial charge in [-0.1, -0.05) is 71.6 Å². The van der Waals surface area contributed by atoms with Crippen LogP contribution in [0.4, 0.5) is 0 Å². The van der Waals surface area contributed by atoms with E-state index in [0.29, 0.717) is 19.3 Å². The predicted octanol–water partition coefficient (Wildman–Crippen LogP) is 4.71. The summed E-state index contributed by atoms with van der Waals surface area (Å²) in [4.78, 5) is 0. The second kappa shape index (κ2) is 13.3. The Labute approximate surface area is 137 Å². The lowest BCUT2D eigenvalue weighted by Crippen LogP contribution is -2.22. The molecule has 0 fully saturated rings. The van der Waals surface area contributed by atoms with Gasteiger partial charge in [0.05, 0.1) is 11.4 Å². The van der Waals surface area contributed by atoms with Gasteiger partial charge in [0, 0.05) is 0 Å². The maximum atomic E-state index is 11.4. The summed E-state index contributed by atoms with van der Waals surface area (Å²) in [5.41, 5.74) is 0. The first kappa shape index (κ1) is 21.9. The predicted molar refractivity (Wildman–Crippen MR) is 92.7 cm³/mol. The molecule has 4 nitrogen and oxygen atoms in total. The molecule has 0 spiro atoms. The molecule has 0 saturated carbocycles. The van der Waals surface area contributed by atoms with E-state index >= 15 is 0 Å². The maximum absolute atomic E-state index is 11.4. The normalized spacial score (nSPS) is 14.9. The number of rotatable bonds is 15. The first-order chi connectivity index (χ1) is 10.4. The van der Waals surface area contributed by atoms with Crippen molar-refractivity contribution in [1.29, 1.82) is 0 Å². The molecule has 22 heavy (non-hydrogen) atoms. The van der Waals surface area contributed by atoms with Crippen LogP contribution in [-0.4, -0.2) is 29.4 Å². The highest BCUT2D eigenvalue weighted by atomic mass is 32.2. The molecule has 2 N–H and O–H groups in total. The topological polar surface area (TPSA) is 74.6 Å². The smallest absolute Gasteiger partial charge is 0.267 e. The third-order valence-corrected chi connectivity index (χ3v) is 5.58. The average Bonchev–Trinajstić information content (AvgIpc) is 2.45. The van der Waals surface area contributed by atoms with E-state index in [9.17, 15) is 18.1 Å². The van der Waals surface area contributed by atoms with Crippen LogP contribution in [0.1, 0.15) is 97.3 Å². The Bertz CT molecular complexity index is 341. The highest BCUT2D eigenvalue weighted by molar-refractivity contribution is 7.86. The minimum atomic E-state index is -3.99. The van der Waals surface area contributed by atoms with E-state index in [1.54, 1.807) is 0 Å². The second-order valence-corrected chi connectivity index (χ2v) is 8.12. The standard InChI is InChI=1S/C17H36O4S/c1-3-5-7-8-9-11-12-16(18)14-15-17(22(19,20)21)13-10-6-4-2/h16-18H,3-15H2,1-2H3,(H,19,20,21). The monoisotopic (exact) mass is 336 g/mol. The number of unbranched alkanes of at least 4 members (excludes halogenated alkanes) is 7. The minimum absolute atomic E-state index is 0.361. The highest BCUT2D eigenvalue weighted by Crippen LogP contribution is 2.19. The van der Waals surface area contributed by atoms with Gasteiger partial charge < -0.3 is 5.11 Å². The van der Waals surface area contributed by atoms with Crippen molar-refractivity contribution in [2.24, 2.45) is 0 Å². The minimum Gasteiger partial charge on any atom is -0.393 e. The van der Waals surface area contributed by atoms with E-state index in [0.717, 1.165) is 38.5 Å². The molecule has 0 bridgehead atoms. The fourth-order valence-electron chi connectivity index (χ4n) is 2.75. The molecule has 5 heteroatoms. The quantitative estimate of drug-likeness (QED) is 0.335. The van der Waals surface area contributed by atoms with Crippen LogP contribution < -0.4 is 0 Å².